The number of hydrogen-bond acceptors (Lipinski definition) is 4. The van der Waals surface area contributed by atoms with Crippen LogP contribution in [0.4, 0.5) is 0 Å². The van der Waals surface area contributed by atoms with Gasteiger partial charge in [0.25, 0.3) is 5.91 Å². The minimum Gasteiger partial charge on any atom is -0.614 e. The third-order valence-corrected chi connectivity index (χ3v) is 4.96. The van der Waals surface area contributed by atoms with E-state index in [9.17, 15) is 14.1 Å². The van der Waals surface area contributed by atoms with E-state index in [1.165, 1.54) is 0 Å². The van der Waals surface area contributed by atoms with Gasteiger partial charge in [-0.3, -0.25) is 9.69 Å². The summed E-state index contributed by atoms with van der Waals surface area (Å²) >= 11 is 1.81. The van der Waals surface area contributed by atoms with E-state index in [-0.39, 0.29) is 33.8 Å². The smallest absolute Gasteiger partial charge is 0.352 e. The van der Waals surface area contributed by atoms with Crippen LogP contribution in [0.2, 0.25) is 0 Å². The predicted molar refractivity (Wildman–Crippen MR) is 70.4 cm³/mol. The number of halogens is 2. The predicted octanol–water partition coefficient (Wildman–Crippen LogP) is -0.444. The number of β-lactam (4-membered cyclic amide) rings is 1. The first-order chi connectivity index (χ1) is 7.49. The first-order valence-corrected chi connectivity index (χ1v) is 6.96. The zero-order chi connectivity index (χ0) is 12.0. The van der Waals surface area contributed by atoms with Crippen LogP contribution in [0, 0.1) is 0 Å². The summed E-state index contributed by atoms with van der Waals surface area (Å²) in [5.74, 6) is -1.51. The molecule has 6 nitrogen and oxygen atoms in total. The van der Waals surface area contributed by atoms with E-state index in [1.807, 2.05) is 0 Å². The summed E-state index contributed by atoms with van der Waals surface area (Å²) in [6.07, 6.45) is 0. The van der Waals surface area contributed by atoms with Gasteiger partial charge in [-0.1, -0.05) is 15.9 Å². The number of rotatable bonds is 2. The Kier molecular flexibility index (Phi) is 4.64. The minimum absolute atomic E-state index is 0. The lowest BCUT2D eigenvalue weighted by Gasteiger charge is -2.47. The third kappa shape index (κ3) is 2.14. The molecule has 0 radical (unpaired) electrons. The van der Waals surface area contributed by atoms with Crippen LogP contribution in [0.1, 0.15) is 0 Å². The molecule has 0 spiro atoms. The highest BCUT2D eigenvalue weighted by atomic mass is 79.9. The fourth-order valence-corrected chi connectivity index (χ4v) is 4.22. The van der Waals surface area contributed by atoms with Crippen molar-refractivity contribution in [2.24, 2.45) is 5.73 Å². The van der Waals surface area contributed by atoms with Gasteiger partial charge in [-0.15, -0.1) is 17.0 Å². The summed E-state index contributed by atoms with van der Waals surface area (Å²) in [6, 6.07) is -0.841. The van der Waals surface area contributed by atoms with Crippen molar-refractivity contribution in [3.63, 3.8) is 0 Å². The maximum absolute atomic E-state index is 11.7. The Labute approximate surface area is 119 Å². The molecule has 3 N–H and O–H groups in total. The molecule has 1 saturated heterocycles. The zero-order valence-corrected chi connectivity index (χ0v) is 12.6. The summed E-state index contributed by atoms with van der Waals surface area (Å²) in [5, 5.41) is 8.64. The minimum atomic E-state index is -1.32. The molecule has 0 bridgehead atoms. The van der Waals surface area contributed by atoms with Gasteiger partial charge in [0.2, 0.25) is 5.37 Å². The molecule has 2 aliphatic rings. The van der Waals surface area contributed by atoms with Crippen molar-refractivity contribution in [2.45, 2.75) is 11.4 Å². The molecule has 2 heterocycles. The molecule has 17 heavy (non-hydrogen) atoms. The van der Waals surface area contributed by atoms with E-state index in [2.05, 4.69) is 15.9 Å². The second kappa shape index (κ2) is 5.27. The van der Waals surface area contributed by atoms with Gasteiger partial charge in [-0.05, 0) is 11.2 Å². The molecule has 3 atom stereocenters. The van der Waals surface area contributed by atoms with Crippen molar-refractivity contribution in [3.05, 3.63) is 11.3 Å². The van der Waals surface area contributed by atoms with E-state index in [1.54, 1.807) is 0 Å². The fraction of sp³-hybridized carbons (Fsp3) is 0.500. The van der Waals surface area contributed by atoms with Crippen molar-refractivity contribution in [3.8, 4) is 0 Å². The van der Waals surface area contributed by atoms with Gasteiger partial charge in [0.05, 0.1) is 0 Å². The van der Waals surface area contributed by atoms with Crippen LogP contribution in [-0.2, 0) is 20.8 Å². The Bertz CT molecular complexity index is 403. The van der Waals surface area contributed by atoms with Gasteiger partial charge >= 0.3 is 5.97 Å². The molecule has 0 aromatic heterocycles. The molecule has 0 saturated carbocycles. The number of hydrogen-bond donors (Lipinski definition) is 2. The van der Waals surface area contributed by atoms with Crippen LogP contribution in [0.15, 0.2) is 11.3 Å². The van der Waals surface area contributed by atoms with E-state index < -0.39 is 34.5 Å². The van der Waals surface area contributed by atoms with Gasteiger partial charge in [0, 0.05) is 10.9 Å². The summed E-state index contributed by atoms with van der Waals surface area (Å²) in [4.78, 5) is 23.6. The molecule has 1 fully saturated rings. The molecule has 2 rings (SSSR count). The number of alkyl halides is 1. The Balaban J connectivity index is 0.00000144. The molecule has 0 aromatic rings. The molecular formula is C8H10Br2N2O4S. The number of carboxylic acid groups (broad SMARTS) is 1. The monoisotopic (exact) mass is 388 g/mol. The van der Waals surface area contributed by atoms with Gasteiger partial charge in [-0.2, -0.15) is 0 Å². The molecule has 0 aromatic carbocycles. The Morgan fingerprint density at radius 2 is 2.29 bits per heavy atom. The molecule has 96 valence electrons. The van der Waals surface area contributed by atoms with Crippen molar-refractivity contribution in [1.82, 2.24) is 4.90 Å². The Morgan fingerprint density at radius 3 is 2.76 bits per heavy atom. The van der Waals surface area contributed by atoms with Crippen molar-refractivity contribution >= 4 is 56.0 Å². The van der Waals surface area contributed by atoms with Crippen LogP contribution in [0.3, 0.4) is 0 Å². The number of amides is 1. The number of nitrogens with two attached hydrogens (primary N) is 1. The normalized spacial score (nSPS) is 31.6. The van der Waals surface area contributed by atoms with E-state index in [0.29, 0.717) is 5.57 Å². The number of fused-ring (bicyclic) bond motifs is 1. The van der Waals surface area contributed by atoms with E-state index >= 15 is 0 Å². The summed E-state index contributed by atoms with van der Waals surface area (Å²) < 4.78 is 11.7. The molecule has 1 amide bonds. The lowest BCUT2D eigenvalue weighted by Crippen LogP contribution is -2.73. The molecule has 0 unspecified atom stereocenters. The highest BCUT2D eigenvalue weighted by Crippen LogP contribution is 2.36. The quantitative estimate of drug-likeness (QED) is 0.378. The Morgan fingerprint density at radius 1 is 1.71 bits per heavy atom. The largest absolute Gasteiger partial charge is 0.614 e. The lowest BCUT2D eigenvalue weighted by molar-refractivity contribution is -0.148. The van der Waals surface area contributed by atoms with Gasteiger partial charge < -0.3 is 15.4 Å². The van der Waals surface area contributed by atoms with Gasteiger partial charge in [-0.25, -0.2) is 4.79 Å². The maximum Gasteiger partial charge on any atom is 0.352 e. The first kappa shape index (κ1) is 15.0. The van der Waals surface area contributed by atoms with Crippen molar-refractivity contribution in [2.75, 3.05) is 11.1 Å². The summed E-state index contributed by atoms with van der Waals surface area (Å²) in [5.41, 5.74) is 5.89. The number of carbonyl (C=O) groups is 2. The number of nitrogens with zero attached hydrogens (tertiary/aromatic N) is 1. The lowest BCUT2D eigenvalue weighted by atomic mass is 10.0. The average Bonchev–Trinajstić information content (AvgIpc) is 2.25. The zero-order valence-electron chi connectivity index (χ0n) is 8.46. The van der Waals surface area contributed by atoms with Crippen molar-refractivity contribution < 1.29 is 19.2 Å². The number of aliphatic carboxylic acids is 1. The SMILES string of the molecule is Br.N[C@@H]1C(=O)N2C(C(=O)O)=C(CBr)C[S@+]([O-])[C@H]12. The van der Waals surface area contributed by atoms with E-state index in [4.69, 9.17) is 10.8 Å². The van der Waals surface area contributed by atoms with Crippen LogP contribution in [0.25, 0.3) is 0 Å². The highest BCUT2D eigenvalue weighted by Gasteiger charge is 2.58. The van der Waals surface area contributed by atoms with Crippen molar-refractivity contribution in [1.29, 1.82) is 0 Å². The van der Waals surface area contributed by atoms with Gasteiger partial charge in [0.15, 0.2) is 6.04 Å². The molecule has 9 heteroatoms. The third-order valence-electron chi connectivity index (χ3n) is 2.61. The highest BCUT2D eigenvalue weighted by molar-refractivity contribution is 9.09. The molecule has 0 aliphatic carbocycles. The van der Waals surface area contributed by atoms with Crippen LogP contribution < -0.4 is 5.73 Å². The number of carbonyl (C=O) groups excluding carboxylic acids is 1. The summed E-state index contributed by atoms with van der Waals surface area (Å²) in [7, 11) is 0. The Hall–Kier alpha value is -0.0900. The van der Waals surface area contributed by atoms with Crippen LogP contribution >= 0.6 is 32.9 Å². The first-order valence-electron chi connectivity index (χ1n) is 4.46. The van der Waals surface area contributed by atoms with E-state index in [0.717, 1.165) is 4.90 Å². The summed E-state index contributed by atoms with van der Waals surface area (Å²) in [6.45, 7) is 0. The maximum atomic E-state index is 11.7. The van der Waals surface area contributed by atoms with Crippen LogP contribution in [0.5, 0.6) is 0 Å². The van der Waals surface area contributed by atoms with Crippen LogP contribution in [-0.4, -0.2) is 48.9 Å². The van der Waals surface area contributed by atoms with Gasteiger partial charge in [0.1, 0.15) is 11.4 Å². The average molecular weight is 390 g/mol. The molecule has 2 aliphatic heterocycles. The molecular weight excluding hydrogens is 380 g/mol. The standard InChI is InChI=1S/C8H9BrN2O4S.BrH/c9-1-3-2-16(15)7-4(10)6(12)11(7)5(3)8(13)14;/h4,7H,1-2,10H2,(H,13,14);1H/t4-,7-,16+;/m1./s1. The number of carboxylic acids is 1. The second-order valence-electron chi connectivity index (χ2n) is 3.54. The topological polar surface area (TPSA) is 107 Å². The fourth-order valence-electron chi connectivity index (χ4n) is 1.86. The second-order valence-corrected chi connectivity index (χ2v) is 5.63.